The second-order valence-electron chi connectivity index (χ2n) is 1.83. The molecule has 0 aromatic rings. The number of amides is 1. The van der Waals surface area contributed by atoms with E-state index in [0.29, 0.717) is 6.54 Å². The molecule has 0 saturated heterocycles. The minimum Gasteiger partial charge on any atom is -0.432 e. The van der Waals surface area contributed by atoms with Gasteiger partial charge in [0.25, 0.3) is 0 Å². The Morgan fingerprint density at radius 1 is 1.42 bits per heavy atom. The molecule has 1 amide bonds. The zero-order valence-electron chi connectivity index (χ0n) is 6.63. The van der Waals surface area contributed by atoms with Crippen molar-refractivity contribution in [3.05, 3.63) is 0 Å². The van der Waals surface area contributed by atoms with Crippen LogP contribution in [0.15, 0.2) is 0 Å². The fourth-order valence-electron chi connectivity index (χ4n) is 0.448. The van der Waals surface area contributed by atoms with E-state index in [1.54, 1.807) is 0 Å². The molecule has 1 N–H and O–H groups in total. The topological polar surface area (TPSA) is 64.6 Å². The lowest BCUT2D eigenvalue weighted by atomic mass is 10.6. The van der Waals surface area contributed by atoms with Gasteiger partial charge in [0.15, 0.2) is 0 Å². The van der Waals surface area contributed by atoms with Gasteiger partial charge in [-0.3, -0.25) is 4.79 Å². The Kier molecular flexibility index (Phi) is 6.82. The molecule has 12 heavy (non-hydrogen) atoms. The van der Waals surface area contributed by atoms with Crippen molar-refractivity contribution in [2.45, 2.75) is 6.92 Å². The first-order chi connectivity index (χ1) is 5.66. The molecule has 0 aliphatic carbocycles. The molecule has 70 valence electrons. The Morgan fingerprint density at radius 3 is 2.58 bits per heavy atom. The van der Waals surface area contributed by atoms with Crippen LogP contribution in [0.25, 0.3) is 0 Å². The van der Waals surface area contributed by atoms with E-state index in [0.717, 1.165) is 0 Å². The van der Waals surface area contributed by atoms with Gasteiger partial charge in [-0.1, -0.05) is 0 Å². The third-order valence-corrected chi connectivity index (χ3v) is 1.18. The van der Waals surface area contributed by atoms with E-state index in [2.05, 4.69) is 14.8 Å². The average molecular weight is 287 g/mol. The van der Waals surface area contributed by atoms with E-state index in [-0.39, 0.29) is 17.1 Å². The first-order valence-corrected chi connectivity index (χ1v) is 4.79. The van der Waals surface area contributed by atoms with Gasteiger partial charge in [-0.25, -0.2) is 4.79 Å². The molecular formula is C6H10INO4. The SMILES string of the molecule is CC(=O)NCCOC(=O)OCI. The second kappa shape index (κ2) is 7.14. The highest BCUT2D eigenvalue weighted by molar-refractivity contribution is 14.1. The van der Waals surface area contributed by atoms with Crippen molar-refractivity contribution in [1.82, 2.24) is 5.32 Å². The van der Waals surface area contributed by atoms with Gasteiger partial charge < -0.3 is 14.8 Å². The average Bonchev–Trinajstić information content (AvgIpc) is 1.98. The van der Waals surface area contributed by atoms with Crippen molar-refractivity contribution >= 4 is 34.7 Å². The largest absolute Gasteiger partial charge is 0.509 e. The fraction of sp³-hybridized carbons (Fsp3) is 0.667. The van der Waals surface area contributed by atoms with Crippen molar-refractivity contribution in [3.63, 3.8) is 0 Å². The van der Waals surface area contributed by atoms with Crippen LogP contribution < -0.4 is 5.32 Å². The zero-order valence-corrected chi connectivity index (χ0v) is 8.79. The molecule has 5 nitrogen and oxygen atoms in total. The molecule has 0 spiro atoms. The highest BCUT2D eigenvalue weighted by atomic mass is 127. The number of halogens is 1. The van der Waals surface area contributed by atoms with Crippen molar-refractivity contribution in [1.29, 1.82) is 0 Å². The molecule has 0 heterocycles. The van der Waals surface area contributed by atoms with Gasteiger partial charge >= 0.3 is 6.16 Å². The highest BCUT2D eigenvalue weighted by Gasteiger charge is 2.00. The van der Waals surface area contributed by atoms with Crippen LogP contribution in [0.4, 0.5) is 4.79 Å². The molecule has 0 atom stereocenters. The molecule has 6 heteroatoms. The quantitative estimate of drug-likeness (QED) is 0.357. The number of rotatable bonds is 4. The molecular weight excluding hydrogens is 277 g/mol. The number of alkyl halides is 1. The summed E-state index contributed by atoms with van der Waals surface area (Å²) in [5.74, 6) is -0.152. The Balaban J connectivity index is 3.19. The lowest BCUT2D eigenvalue weighted by Crippen LogP contribution is -2.25. The minimum atomic E-state index is -0.713. The number of carbonyl (C=O) groups is 2. The fourth-order valence-corrected chi connectivity index (χ4v) is 0.702. The summed E-state index contributed by atoms with van der Waals surface area (Å²) >= 11 is 1.88. The van der Waals surface area contributed by atoms with Gasteiger partial charge in [0, 0.05) is 6.92 Å². The van der Waals surface area contributed by atoms with E-state index >= 15 is 0 Å². The van der Waals surface area contributed by atoms with E-state index in [9.17, 15) is 9.59 Å². The molecule has 0 aromatic heterocycles. The monoisotopic (exact) mass is 287 g/mol. The molecule has 0 radical (unpaired) electrons. The predicted octanol–water partition coefficient (Wildman–Crippen LogP) is 0.668. The van der Waals surface area contributed by atoms with Crippen LogP contribution in [0.1, 0.15) is 6.92 Å². The number of ether oxygens (including phenoxy) is 2. The number of hydrogen-bond acceptors (Lipinski definition) is 4. The molecule has 0 bridgehead atoms. The summed E-state index contributed by atoms with van der Waals surface area (Å²) < 4.78 is 9.27. The molecule has 0 aliphatic heterocycles. The van der Waals surface area contributed by atoms with E-state index in [4.69, 9.17) is 0 Å². The maximum absolute atomic E-state index is 10.5. The summed E-state index contributed by atoms with van der Waals surface area (Å²) in [6, 6.07) is 0. The maximum atomic E-state index is 10.5. The van der Waals surface area contributed by atoms with Crippen LogP contribution in [0.5, 0.6) is 0 Å². The smallest absolute Gasteiger partial charge is 0.432 e. The first kappa shape index (κ1) is 11.5. The summed E-state index contributed by atoms with van der Waals surface area (Å²) in [5, 5.41) is 2.47. The Labute approximate surface area is 83.9 Å². The summed E-state index contributed by atoms with van der Waals surface area (Å²) in [6.07, 6.45) is -0.713. The van der Waals surface area contributed by atoms with Crippen LogP contribution in [0.2, 0.25) is 0 Å². The summed E-state index contributed by atoms with van der Waals surface area (Å²) in [5.41, 5.74) is 0. The summed E-state index contributed by atoms with van der Waals surface area (Å²) in [7, 11) is 0. The van der Waals surface area contributed by atoms with Crippen LogP contribution >= 0.6 is 22.6 Å². The van der Waals surface area contributed by atoms with Crippen LogP contribution in [-0.2, 0) is 14.3 Å². The van der Waals surface area contributed by atoms with Gasteiger partial charge in [-0.15, -0.1) is 0 Å². The van der Waals surface area contributed by atoms with E-state index in [1.165, 1.54) is 6.92 Å². The van der Waals surface area contributed by atoms with Crippen LogP contribution in [0.3, 0.4) is 0 Å². The summed E-state index contributed by atoms with van der Waals surface area (Å²) in [4.78, 5) is 20.9. The van der Waals surface area contributed by atoms with Crippen LogP contribution in [0, 0.1) is 0 Å². The van der Waals surface area contributed by atoms with Crippen molar-refractivity contribution in [3.8, 4) is 0 Å². The second-order valence-corrected chi connectivity index (χ2v) is 2.46. The highest BCUT2D eigenvalue weighted by Crippen LogP contribution is 1.88. The van der Waals surface area contributed by atoms with Gasteiger partial charge in [-0.2, -0.15) is 0 Å². The number of carbonyl (C=O) groups excluding carboxylic acids is 2. The maximum Gasteiger partial charge on any atom is 0.509 e. The molecule has 0 aliphatic rings. The van der Waals surface area contributed by atoms with Crippen molar-refractivity contribution < 1.29 is 19.1 Å². The third kappa shape index (κ3) is 7.58. The standard InChI is InChI=1S/C6H10INO4/c1-5(9)8-2-3-11-6(10)12-4-7/h2-4H2,1H3,(H,8,9). The predicted molar refractivity (Wildman–Crippen MR) is 50.0 cm³/mol. The normalized spacial score (nSPS) is 8.83. The Morgan fingerprint density at radius 2 is 2.08 bits per heavy atom. The molecule has 0 fully saturated rings. The van der Waals surface area contributed by atoms with E-state index in [1.807, 2.05) is 22.6 Å². The Bertz CT molecular complexity index is 162. The summed E-state index contributed by atoms with van der Waals surface area (Å²) in [6.45, 7) is 1.84. The molecule has 0 aromatic carbocycles. The molecule has 0 rings (SSSR count). The first-order valence-electron chi connectivity index (χ1n) is 3.26. The zero-order chi connectivity index (χ0) is 9.40. The third-order valence-electron chi connectivity index (χ3n) is 0.868. The molecule has 0 saturated carbocycles. The van der Waals surface area contributed by atoms with Gasteiger partial charge in [0.05, 0.1) is 6.54 Å². The van der Waals surface area contributed by atoms with Gasteiger partial charge in [0.2, 0.25) is 5.91 Å². The van der Waals surface area contributed by atoms with E-state index < -0.39 is 6.16 Å². The Hall–Kier alpha value is -0.530. The van der Waals surface area contributed by atoms with Gasteiger partial charge in [0.1, 0.15) is 11.2 Å². The van der Waals surface area contributed by atoms with Crippen molar-refractivity contribution in [2.75, 3.05) is 17.8 Å². The van der Waals surface area contributed by atoms with Gasteiger partial charge in [-0.05, 0) is 22.6 Å². The molecule has 0 unspecified atom stereocenters. The minimum absolute atomic E-state index is 0.134. The lowest BCUT2D eigenvalue weighted by molar-refractivity contribution is -0.119. The van der Waals surface area contributed by atoms with Crippen LogP contribution in [-0.4, -0.2) is 29.8 Å². The lowest BCUT2D eigenvalue weighted by Gasteiger charge is -2.03. The number of nitrogens with one attached hydrogen (secondary N) is 1. The number of hydrogen-bond donors (Lipinski definition) is 1. The van der Waals surface area contributed by atoms with Crippen molar-refractivity contribution in [2.24, 2.45) is 0 Å².